The molecule has 0 unspecified atom stereocenters. The monoisotopic (exact) mass is 141 g/mol. The Bertz CT molecular complexity index is 99.4. The summed E-state index contributed by atoms with van der Waals surface area (Å²) in [5, 5.41) is 2.79. The van der Waals surface area contributed by atoms with Gasteiger partial charge in [-0.25, -0.2) is 0 Å². The van der Waals surface area contributed by atoms with Gasteiger partial charge in [-0.2, -0.15) is 4.91 Å². The van der Waals surface area contributed by atoms with Crippen molar-refractivity contribution in [3.8, 4) is 0 Å². The molecule has 0 N–H and O–H groups in total. The van der Waals surface area contributed by atoms with Gasteiger partial charge in [-0.1, -0.05) is 23.7 Å². The number of unbranched alkanes of at least 4 members (excludes halogenated alkanes) is 3. The summed E-state index contributed by atoms with van der Waals surface area (Å²) >= 11 is 0. The van der Waals surface area contributed by atoms with Crippen LogP contribution in [0.15, 0.2) is 17.3 Å². The highest BCUT2D eigenvalue weighted by Crippen LogP contribution is 2.00. The molecule has 0 saturated carbocycles. The van der Waals surface area contributed by atoms with Crippen LogP contribution >= 0.6 is 0 Å². The van der Waals surface area contributed by atoms with Crippen molar-refractivity contribution < 1.29 is 0 Å². The third-order valence-electron chi connectivity index (χ3n) is 1.36. The lowest BCUT2D eigenvalue weighted by Crippen LogP contribution is -1.79. The van der Waals surface area contributed by atoms with Crippen LogP contribution in [-0.4, -0.2) is 6.54 Å². The van der Waals surface area contributed by atoms with Crippen molar-refractivity contribution in [3.05, 3.63) is 17.1 Å². The molecule has 58 valence electrons. The van der Waals surface area contributed by atoms with Crippen molar-refractivity contribution in [2.75, 3.05) is 6.54 Å². The van der Waals surface area contributed by atoms with Crippen molar-refractivity contribution in [3.63, 3.8) is 0 Å². The van der Waals surface area contributed by atoms with E-state index in [4.69, 9.17) is 0 Å². The normalized spacial score (nSPS) is 10.5. The molecule has 0 bridgehead atoms. The summed E-state index contributed by atoms with van der Waals surface area (Å²) in [5.41, 5.74) is 0. The Morgan fingerprint density at radius 2 is 2.10 bits per heavy atom. The molecule has 0 aromatic carbocycles. The van der Waals surface area contributed by atoms with Crippen LogP contribution in [0.1, 0.15) is 32.6 Å². The molecule has 0 saturated heterocycles. The largest absolute Gasteiger partial charge is 0.151 e. The van der Waals surface area contributed by atoms with Gasteiger partial charge in [0.1, 0.15) is 0 Å². The molecule has 0 radical (unpaired) electrons. The molecular weight excluding hydrogens is 126 g/mol. The first-order valence-electron chi connectivity index (χ1n) is 3.82. The Kier molecular flexibility index (Phi) is 7.79. The third-order valence-corrected chi connectivity index (χ3v) is 1.36. The second-order valence-corrected chi connectivity index (χ2v) is 2.27. The zero-order valence-electron chi connectivity index (χ0n) is 6.55. The molecule has 0 aliphatic carbocycles. The summed E-state index contributed by atoms with van der Waals surface area (Å²) in [6.45, 7) is 2.50. The highest BCUT2D eigenvalue weighted by Gasteiger charge is 1.85. The fourth-order valence-corrected chi connectivity index (χ4v) is 0.782. The van der Waals surface area contributed by atoms with Crippen LogP contribution in [0.2, 0.25) is 0 Å². The van der Waals surface area contributed by atoms with Gasteiger partial charge in [0, 0.05) is 0 Å². The summed E-state index contributed by atoms with van der Waals surface area (Å²) in [7, 11) is 0. The molecule has 0 atom stereocenters. The Balaban J connectivity index is 2.83. The fourth-order valence-electron chi connectivity index (χ4n) is 0.782. The average molecular weight is 141 g/mol. The van der Waals surface area contributed by atoms with Crippen molar-refractivity contribution in [1.82, 2.24) is 0 Å². The Labute approximate surface area is 62.3 Å². The van der Waals surface area contributed by atoms with E-state index in [0.29, 0.717) is 6.54 Å². The highest BCUT2D eigenvalue weighted by molar-refractivity contribution is 4.76. The molecule has 0 aromatic rings. The van der Waals surface area contributed by atoms with Gasteiger partial charge in [-0.05, 0) is 26.2 Å². The lowest BCUT2D eigenvalue weighted by Gasteiger charge is -1.91. The van der Waals surface area contributed by atoms with Crippen LogP contribution in [0.25, 0.3) is 0 Å². The van der Waals surface area contributed by atoms with Gasteiger partial charge in [-0.15, -0.1) is 0 Å². The Morgan fingerprint density at radius 1 is 1.30 bits per heavy atom. The minimum absolute atomic E-state index is 0.482. The molecular formula is C8H15NO. The molecule has 0 aliphatic rings. The number of rotatable bonds is 6. The zero-order valence-corrected chi connectivity index (χ0v) is 6.55. The summed E-state index contributed by atoms with van der Waals surface area (Å²) in [4.78, 5) is 9.63. The maximum Gasteiger partial charge on any atom is 0.0811 e. The fraction of sp³-hybridized carbons (Fsp3) is 0.750. The lowest BCUT2D eigenvalue weighted by atomic mass is 10.2. The van der Waals surface area contributed by atoms with E-state index in [9.17, 15) is 4.91 Å². The smallest absolute Gasteiger partial charge is 0.0811 e. The lowest BCUT2D eigenvalue weighted by molar-refractivity contribution is 0.694. The molecule has 0 fully saturated rings. The van der Waals surface area contributed by atoms with E-state index in [2.05, 4.69) is 17.3 Å². The number of hydrogen-bond donors (Lipinski definition) is 0. The van der Waals surface area contributed by atoms with Crippen molar-refractivity contribution >= 4 is 0 Å². The molecule has 2 nitrogen and oxygen atoms in total. The minimum atomic E-state index is 0.482. The van der Waals surface area contributed by atoms with Crippen molar-refractivity contribution in [2.45, 2.75) is 32.6 Å². The van der Waals surface area contributed by atoms with E-state index in [0.717, 1.165) is 19.3 Å². The molecule has 0 spiro atoms. The quantitative estimate of drug-likeness (QED) is 0.317. The minimum Gasteiger partial charge on any atom is -0.151 e. The molecule has 2 heteroatoms. The Morgan fingerprint density at radius 3 is 2.70 bits per heavy atom. The van der Waals surface area contributed by atoms with E-state index in [1.54, 1.807) is 0 Å². The molecule has 10 heavy (non-hydrogen) atoms. The van der Waals surface area contributed by atoms with E-state index in [-0.39, 0.29) is 0 Å². The average Bonchev–Trinajstić information content (AvgIpc) is 1.97. The first kappa shape index (κ1) is 9.34. The summed E-state index contributed by atoms with van der Waals surface area (Å²) in [5.74, 6) is 0. The second-order valence-electron chi connectivity index (χ2n) is 2.27. The molecule has 0 aromatic heterocycles. The summed E-state index contributed by atoms with van der Waals surface area (Å²) < 4.78 is 0. The van der Waals surface area contributed by atoms with Crippen molar-refractivity contribution in [2.24, 2.45) is 5.18 Å². The van der Waals surface area contributed by atoms with Gasteiger partial charge in [0.15, 0.2) is 0 Å². The summed E-state index contributed by atoms with van der Waals surface area (Å²) in [6.07, 6.45) is 8.58. The van der Waals surface area contributed by atoms with Gasteiger partial charge >= 0.3 is 0 Å². The highest BCUT2D eigenvalue weighted by atomic mass is 16.3. The van der Waals surface area contributed by atoms with E-state index >= 15 is 0 Å². The number of nitroso groups, excluding NO2 is 1. The number of nitrogens with zero attached hydrogens (tertiary/aromatic N) is 1. The summed E-state index contributed by atoms with van der Waals surface area (Å²) in [6, 6.07) is 0. The molecule has 0 amide bonds. The predicted octanol–water partition coefficient (Wildman–Crippen LogP) is 2.89. The van der Waals surface area contributed by atoms with Crippen LogP contribution in [0.3, 0.4) is 0 Å². The maximum absolute atomic E-state index is 9.63. The van der Waals surface area contributed by atoms with E-state index in [1.165, 1.54) is 6.42 Å². The van der Waals surface area contributed by atoms with Gasteiger partial charge < -0.3 is 0 Å². The second kappa shape index (κ2) is 8.34. The first-order chi connectivity index (χ1) is 4.91. The third kappa shape index (κ3) is 7.34. The van der Waals surface area contributed by atoms with Crippen LogP contribution in [-0.2, 0) is 0 Å². The number of allylic oxidation sites excluding steroid dienone is 2. The molecule has 0 rings (SSSR count). The first-order valence-corrected chi connectivity index (χ1v) is 3.82. The van der Waals surface area contributed by atoms with E-state index in [1.807, 2.05) is 6.92 Å². The van der Waals surface area contributed by atoms with E-state index < -0.39 is 0 Å². The number of hydrogen-bond acceptors (Lipinski definition) is 2. The van der Waals surface area contributed by atoms with Crippen molar-refractivity contribution in [1.29, 1.82) is 0 Å². The topological polar surface area (TPSA) is 29.4 Å². The van der Waals surface area contributed by atoms with Crippen LogP contribution in [0.4, 0.5) is 0 Å². The van der Waals surface area contributed by atoms with Gasteiger partial charge in [0.05, 0.1) is 6.54 Å². The van der Waals surface area contributed by atoms with Gasteiger partial charge in [0.25, 0.3) is 0 Å². The van der Waals surface area contributed by atoms with Crippen LogP contribution in [0.5, 0.6) is 0 Å². The van der Waals surface area contributed by atoms with Gasteiger partial charge in [-0.3, -0.25) is 0 Å². The van der Waals surface area contributed by atoms with Crippen LogP contribution < -0.4 is 0 Å². The SMILES string of the molecule is C/C=C/CCCCCN=O. The Hall–Kier alpha value is -0.660. The predicted molar refractivity (Wildman–Crippen MR) is 43.9 cm³/mol. The standard InChI is InChI=1S/C8H15NO/c1-2-3-4-5-6-7-8-9-10/h2-3H,4-8H2,1H3/b3-2+. The van der Waals surface area contributed by atoms with Crippen LogP contribution in [0, 0.1) is 4.91 Å². The zero-order chi connectivity index (χ0) is 7.66. The molecule has 0 heterocycles. The molecule has 0 aliphatic heterocycles. The maximum atomic E-state index is 9.63. The van der Waals surface area contributed by atoms with Gasteiger partial charge in [0.2, 0.25) is 0 Å².